The van der Waals surface area contributed by atoms with Gasteiger partial charge in [-0.3, -0.25) is 0 Å². The normalized spacial score (nSPS) is 15.3. The molecule has 0 saturated heterocycles. The van der Waals surface area contributed by atoms with E-state index in [1.54, 1.807) is 0 Å². The Kier molecular flexibility index (Phi) is 3.68. The fourth-order valence-corrected chi connectivity index (χ4v) is 2.97. The van der Waals surface area contributed by atoms with Gasteiger partial charge in [0, 0.05) is 5.02 Å². The van der Waals surface area contributed by atoms with Crippen molar-refractivity contribution in [3.05, 3.63) is 63.7 Å². The van der Waals surface area contributed by atoms with Crippen molar-refractivity contribution in [3.8, 4) is 5.75 Å². The first-order valence-electron chi connectivity index (χ1n) is 6.92. The number of halogens is 1. The standard InChI is InChI=1S/C17H18ClNO/c1-11-9-14(18)5-6-15(11)17(19)13-4-7-16-12(10-13)3-2-8-20-16/h4-7,9-10,17H,2-3,8,19H2,1H3. The molecule has 0 amide bonds. The molecule has 1 unspecified atom stereocenters. The van der Waals surface area contributed by atoms with Crippen LogP contribution in [0.4, 0.5) is 0 Å². The molecule has 0 saturated carbocycles. The zero-order valence-electron chi connectivity index (χ0n) is 11.5. The third kappa shape index (κ3) is 2.54. The predicted octanol–water partition coefficient (Wildman–Crippen LogP) is 4.02. The SMILES string of the molecule is Cc1cc(Cl)ccc1C(N)c1ccc2c(c1)CCCO2. The molecule has 0 aromatic heterocycles. The average molecular weight is 288 g/mol. The van der Waals surface area contributed by atoms with Gasteiger partial charge in [-0.1, -0.05) is 29.8 Å². The van der Waals surface area contributed by atoms with Gasteiger partial charge in [-0.25, -0.2) is 0 Å². The molecule has 1 atom stereocenters. The fourth-order valence-electron chi connectivity index (χ4n) is 2.74. The van der Waals surface area contributed by atoms with Gasteiger partial charge >= 0.3 is 0 Å². The second-order valence-corrected chi connectivity index (χ2v) is 5.73. The van der Waals surface area contributed by atoms with Gasteiger partial charge in [0.1, 0.15) is 5.75 Å². The Bertz CT molecular complexity index is 639. The van der Waals surface area contributed by atoms with Crippen molar-refractivity contribution in [2.75, 3.05) is 6.61 Å². The van der Waals surface area contributed by atoms with E-state index in [0.717, 1.165) is 46.9 Å². The van der Waals surface area contributed by atoms with Gasteiger partial charge in [0.05, 0.1) is 12.6 Å². The third-order valence-corrected chi connectivity index (χ3v) is 4.09. The Hall–Kier alpha value is -1.51. The van der Waals surface area contributed by atoms with Gasteiger partial charge in [0.2, 0.25) is 0 Å². The Morgan fingerprint density at radius 2 is 2.05 bits per heavy atom. The summed E-state index contributed by atoms with van der Waals surface area (Å²) in [5.74, 6) is 1.00. The maximum atomic E-state index is 6.42. The molecular formula is C17H18ClNO. The van der Waals surface area contributed by atoms with Crippen LogP contribution >= 0.6 is 11.6 Å². The monoisotopic (exact) mass is 287 g/mol. The molecule has 1 heterocycles. The molecule has 2 aromatic rings. The van der Waals surface area contributed by atoms with Crippen molar-refractivity contribution in [2.24, 2.45) is 5.73 Å². The van der Waals surface area contributed by atoms with Crippen molar-refractivity contribution in [1.82, 2.24) is 0 Å². The third-order valence-electron chi connectivity index (χ3n) is 3.86. The highest BCUT2D eigenvalue weighted by Crippen LogP contribution is 2.30. The van der Waals surface area contributed by atoms with E-state index >= 15 is 0 Å². The molecule has 1 aliphatic rings. The summed E-state index contributed by atoms with van der Waals surface area (Å²) in [5, 5.41) is 0.747. The van der Waals surface area contributed by atoms with Crippen molar-refractivity contribution in [3.63, 3.8) is 0 Å². The Morgan fingerprint density at radius 3 is 2.85 bits per heavy atom. The van der Waals surface area contributed by atoms with E-state index < -0.39 is 0 Å². The minimum absolute atomic E-state index is 0.125. The molecule has 3 heteroatoms. The number of hydrogen-bond acceptors (Lipinski definition) is 2. The van der Waals surface area contributed by atoms with Crippen molar-refractivity contribution in [1.29, 1.82) is 0 Å². The number of ether oxygens (including phenoxy) is 1. The molecule has 20 heavy (non-hydrogen) atoms. The lowest BCUT2D eigenvalue weighted by molar-refractivity contribution is 0.288. The molecule has 0 radical (unpaired) electrons. The molecule has 0 spiro atoms. The second kappa shape index (κ2) is 5.47. The largest absolute Gasteiger partial charge is 0.493 e. The van der Waals surface area contributed by atoms with Gasteiger partial charge in [-0.2, -0.15) is 0 Å². The summed E-state index contributed by atoms with van der Waals surface area (Å²) in [4.78, 5) is 0. The number of benzene rings is 2. The lowest BCUT2D eigenvalue weighted by atomic mass is 9.93. The molecular weight excluding hydrogens is 270 g/mol. The maximum absolute atomic E-state index is 6.42. The van der Waals surface area contributed by atoms with Crippen LogP contribution in [0.25, 0.3) is 0 Å². The van der Waals surface area contributed by atoms with Crippen LogP contribution in [0.3, 0.4) is 0 Å². The van der Waals surface area contributed by atoms with E-state index in [1.165, 1.54) is 5.56 Å². The van der Waals surface area contributed by atoms with Crippen LogP contribution < -0.4 is 10.5 Å². The van der Waals surface area contributed by atoms with Crippen molar-refractivity contribution < 1.29 is 4.74 Å². The molecule has 3 rings (SSSR count). The van der Waals surface area contributed by atoms with Crippen LogP contribution in [-0.4, -0.2) is 6.61 Å². The van der Waals surface area contributed by atoms with Crippen LogP contribution in [0, 0.1) is 6.92 Å². The molecule has 2 aromatic carbocycles. The summed E-state index contributed by atoms with van der Waals surface area (Å²) >= 11 is 6.01. The minimum atomic E-state index is -0.125. The van der Waals surface area contributed by atoms with E-state index in [9.17, 15) is 0 Å². The Morgan fingerprint density at radius 1 is 1.20 bits per heavy atom. The topological polar surface area (TPSA) is 35.2 Å². The van der Waals surface area contributed by atoms with Gasteiger partial charge in [0.25, 0.3) is 0 Å². The van der Waals surface area contributed by atoms with Crippen molar-refractivity contribution in [2.45, 2.75) is 25.8 Å². The number of rotatable bonds is 2. The summed E-state index contributed by atoms with van der Waals surface area (Å²) in [6.07, 6.45) is 2.14. The molecule has 1 aliphatic heterocycles. The Labute approximate surface area is 124 Å². The summed E-state index contributed by atoms with van der Waals surface area (Å²) in [5.41, 5.74) is 11.0. The van der Waals surface area contributed by atoms with E-state index in [2.05, 4.69) is 12.1 Å². The molecule has 104 valence electrons. The zero-order chi connectivity index (χ0) is 14.1. The highest BCUT2D eigenvalue weighted by molar-refractivity contribution is 6.30. The number of hydrogen-bond donors (Lipinski definition) is 1. The quantitative estimate of drug-likeness (QED) is 0.905. The van der Waals surface area contributed by atoms with Crippen molar-refractivity contribution >= 4 is 11.6 Å². The van der Waals surface area contributed by atoms with E-state index in [4.69, 9.17) is 22.1 Å². The first-order valence-corrected chi connectivity index (χ1v) is 7.30. The highest BCUT2D eigenvalue weighted by Gasteiger charge is 2.16. The molecule has 2 N–H and O–H groups in total. The average Bonchev–Trinajstić information content (AvgIpc) is 2.46. The molecule has 2 nitrogen and oxygen atoms in total. The van der Waals surface area contributed by atoms with Gasteiger partial charge in [0.15, 0.2) is 0 Å². The van der Waals surface area contributed by atoms with Crippen LogP contribution in [0.15, 0.2) is 36.4 Å². The fraction of sp³-hybridized carbons (Fsp3) is 0.294. The van der Waals surface area contributed by atoms with Gasteiger partial charge < -0.3 is 10.5 Å². The summed E-state index contributed by atoms with van der Waals surface area (Å²) < 4.78 is 5.65. The Balaban J connectivity index is 1.95. The summed E-state index contributed by atoms with van der Waals surface area (Å²) in [7, 11) is 0. The summed E-state index contributed by atoms with van der Waals surface area (Å²) in [6.45, 7) is 2.86. The number of aryl methyl sites for hydroxylation is 2. The van der Waals surface area contributed by atoms with E-state index in [0.29, 0.717) is 0 Å². The summed E-state index contributed by atoms with van der Waals surface area (Å²) in [6, 6.07) is 12.0. The predicted molar refractivity (Wildman–Crippen MR) is 82.5 cm³/mol. The lowest BCUT2D eigenvalue weighted by Gasteiger charge is -2.21. The first-order chi connectivity index (χ1) is 9.65. The van der Waals surface area contributed by atoms with Crippen LogP contribution in [0.5, 0.6) is 5.75 Å². The number of nitrogens with two attached hydrogens (primary N) is 1. The molecule has 0 aliphatic carbocycles. The maximum Gasteiger partial charge on any atom is 0.122 e. The lowest BCUT2D eigenvalue weighted by Crippen LogP contribution is -2.15. The second-order valence-electron chi connectivity index (χ2n) is 5.30. The van der Waals surface area contributed by atoms with E-state index in [-0.39, 0.29) is 6.04 Å². The molecule has 0 bridgehead atoms. The van der Waals surface area contributed by atoms with Gasteiger partial charge in [-0.15, -0.1) is 0 Å². The zero-order valence-corrected chi connectivity index (χ0v) is 12.3. The molecule has 0 fully saturated rings. The van der Waals surface area contributed by atoms with E-state index in [1.807, 2.05) is 31.2 Å². The first kappa shape index (κ1) is 13.5. The highest BCUT2D eigenvalue weighted by atomic mass is 35.5. The van der Waals surface area contributed by atoms with Gasteiger partial charge in [-0.05, 0) is 60.2 Å². The number of fused-ring (bicyclic) bond motifs is 1. The van der Waals surface area contributed by atoms with Crippen LogP contribution in [0.1, 0.15) is 34.7 Å². The van der Waals surface area contributed by atoms with Crippen LogP contribution in [0.2, 0.25) is 5.02 Å². The minimum Gasteiger partial charge on any atom is -0.493 e. The smallest absolute Gasteiger partial charge is 0.122 e. The van der Waals surface area contributed by atoms with Crippen LogP contribution in [-0.2, 0) is 6.42 Å².